The number of carbonyl (C=O) groups is 2. The van der Waals surface area contributed by atoms with Crippen molar-refractivity contribution < 1.29 is 24.2 Å². The number of carbonyl (C=O) groups excluding carboxylic acids is 1. The number of ether oxygens (including phenoxy) is 2. The van der Waals surface area contributed by atoms with E-state index in [1.807, 2.05) is 0 Å². The molecular weight excluding hydrogens is 372 g/mol. The number of aryl methyl sites for hydroxylation is 3. The van der Waals surface area contributed by atoms with Gasteiger partial charge in [0.25, 0.3) is 0 Å². The van der Waals surface area contributed by atoms with Gasteiger partial charge < -0.3 is 19.9 Å². The number of nitrogens with zero attached hydrogens (tertiary/aromatic N) is 1. The first-order valence-electron chi connectivity index (χ1n) is 10.5. The summed E-state index contributed by atoms with van der Waals surface area (Å²) in [6.45, 7) is 6.01. The fraction of sp³-hybridized carbons (Fsp3) is 0.682. The van der Waals surface area contributed by atoms with Gasteiger partial charge in [0.05, 0.1) is 0 Å². The van der Waals surface area contributed by atoms with Crippen LogP contribution in [0, 0.1) is 0 Å². The van der Waals surface area contributed by atoms with Crippen molar-refractivity contribution in [2.75, 3.05) is 13.2 Å². The Morgan fingerprint density at radius 1 is 1.17 bits per heavy atom. The predicted octanol–water partition coefficient (Wildman–Crippen LogP) is 3.67. The Morgan fingerprint density at radius 2 is 1.93 bits per heavy atom. The van der Waals surface area contributed by atoms with Gasteiger partial charge in [0, 0.05) is 31.0 Å². The fourth-order valence-electron chi connectivity index (χ4n) is 3.29. The Balaban J connectivity index is 1.60. The lowest BCUT2D eigenvalue weighted by atomic mass is 9.95. The van der Waals surface area contributed by atoms with Crippen molar-refractivity contribution in [3.63, 3.8) is 0 Å². The lowest BCUT2D eigenvalue weighted by molar-refractivity contribution is -0.140. The van der Waals surface area contributed by atoms with E-state index in [4.69, 9.17) is 14.5 Å². The highest BCUT2D eigenvalue weighted by atomic mass is 16.6. The lowest BCUT2D eigenvalue weighted by Gasteiger charge is -2.22. The van der Waals surface area contributed by atoms with Gasteiger partial charge in [-0.25, -0.2) is 9.59 Å². The Morgan fingerprint density at radius 3 is 2.66 bits per heavy atom. The van der Waals surface area contributed by atoms with Gasteiger partial charge in [-0.15, -0.1) is 0 Å². The average Bonchev–Trinajstić information content (AvgIpc) is 2.64. The van der Waals surface area contributed by atoms with E-state index in [0.717, 1.165) is 37.8 Å². The molecule has 1 aromatic heterocycles. The number of fused-ring (bicyclic) bond motifs is 1. The van der Waals surface area contributed by atoms with Crippen LogP contribution >= 0.6 is 0 Å². The quantitative estimate of drug-likeness (QED) is 0.576. The zero-order chi connectivity index (χ0) is 21.3. The van der Waals surface area contributed by atoms with Crippen LogP contribution in [0.15, 0.2) is 12.1 Å². The molecule has 29 heavy (non-hydrogen) atoms. The third-order valence-electron chi connectivity index (χ3n) is 4.75. The number of amides is 1. The Bertz CT molecular complexity index is 684. The molecule has 0 saturated carbocycles. The normalized spacial score (nSPS) is 14.7. The number of hydrogen-bond donors (Lipinski definition) is 2. The molecule has 1 amide bonds. The minimum absolute atomic E-state index is 0.195. The molecule has 0 spiro atoms. The summed E-state index contributed by atoms with van der Waals surface area (Å²) in [5.41, 5.74) is 3.13. The summed E-state index contributed by atoms with van der Waals surface area (Å²) in [5, 5.41) is 11.6. The molecule has 1 atom stereocenters. The second-order valence-corrected chi connectivity index (χ2v) is 8.51. The minimum Gasteiger partial charge on any atom is -0.480 e. The SMILES string of the molecule is CC(C)(C)OC(=O)NC(CCOCCCCc1ccc2c(n1)CCCC2)C(=O)O. The molecule has 2 N–H and O–H groups in total. The second-order valence-electron chi connectivity index (χ2n) is 8.51. The van der Waals surface area contributed by atoms with Gasteiger partial charge in [0.1, 0.15) is 11.6 Å². The number of aromatic nitrogens is 1. The van der Waals surface area contributed by atoms with Gasteiger partial charge in [-0.1, -0.05) is 6.07 Å². The smallest absolute Gasteiger partial charge is 0.408 e. The molecule has 1 aliphatic rings. The summed E-state index contributed by atoms with van der Waals surface area (Å²) < 4.78 is 10.6. The molecule has 1 aromatic rings. The Kier molecular flexibility index (Phi) is 8.89. The van der Waals surface area contributed by atoms with E-state index in [2.05, 4.69) is 17.4 Å². The molecule has 0 bridgehead atoms. The fourth-order valence-corrected chi connectivity index (χ4v) is 3.29. The van der Waals surface area contributed by atoms with Crippen molar-refractivity contribution in [3.05, 3.63) is 29.1 Å². The number of rotatable bonds is 10. The van der Waals surface area contributed by atoms with E-state index in [1.54, 1.807) is 20.8 Å². The zero-order valence-corrected chi connectivity index (χ0v) is 17.8. The summed E-state index contributed by atoms with van der Waals surface area (Å²) in [6, 6.07) is 3.33. The number of pyridine rings is 1. The van der Waals surface area contributed by atoms with E-state index < -0.39 is 23.7 Å². The summed E-state index contributed by atoms with van der Waals surface area (Å²) >= 11 is 0. The summed E-state index contributed by atoms with van der Waals surface area (Å²) in [4.78, 5) is 27.8. The van der Waals surface area contributed by atoms with Crippen LogP contribution in [0.3, 0.4) is 0 Å². The van der Waals surface area contributed by atoms with E-state index in [-0.39, 0.29) is 13.0 Å². The van der Waals surface area contributed by atoms with Crippen molar-refractivity contribution in [1.29, 1.82) is 0 Å². The van der Waals surface area contributed by atoms with Gasteiger partial charge in [0.2, 0.25) is 0 Å². The van der Waals surface area contributed by atoms with E-state index in [1.165, 1.54) is 24.1 Å². The van der Waals surface area contributed by atoms with Crippen molar-refractivity contribution in [1.82, 2.24) is 10.3 Å². The number of aliphatic carboxylic acids is 1. The standard InChI is InChI=1S/C22H34N2O5/c1-22(2,3)29-21(27)24-19(20(25)26)13-15-28-14-7-6-9-17-12-11-16-8-4-5-10-18(16)23-17/h11-12,19H,4-10,13-15H2,1-3H3,(H,24,27)(H,25,26). The number of carboxylic acids is 1. The van der Waals surface area contributed by atoms with Crippen LogP contribution in [0.5, 0.6) is 0 Å². The molecule has 0 radical (unpaired) electrons. The van der Waals surface area contributed by atoms with Crippen LogP contribution in [0.4, 0.5) is 4.79 Å². The molecule has 2 rings (SSSR count). The van der Waals surface area contributed by atoms with Gasteiger partial charge in [-0.2, -0.15) is 0 Å². The van der Waals surface area contributed by atoms with E-state index in [9.17, 15) is 14.7 Å². The van der Waals surface area contributed by atoms with Crippen LogP contribution < -0.4 is 5.32 Å². The first kappa shape index (κ1) is 23.1. The van der Waals surface area contributed by atoms with Gasteiger partial charge in [-0.05, 0) is 77.3 Å². The van der Waals surface area contributed by atoms with Crippen molar-refractivity contribution in [3.8, 4) is 0 Å². The van der Waals surface area contributed by atoms with Crippen LogP contribution in [0.1, 0.15) is 69.8 Å². The molecule has 162 valence electrons. The molecule has 0 aliphatic heterocycles. The number of unbranched alkanes of at least 4 members (excludes halogenated alkanes) is 1. The summed E-state index contributed by atoms with van der Waals surface area (Å²) in [6.07, 6.45) is 6.99. The van der Waals surface area contributed by atoms with E-state index >= 15 is 0 Å². The second kappa shape index (κ2) is 11.1. The van der Waals surface area contributed by atoms with Crippen LogP contribution in [-0.4, -0.2) is 47.0 Å². The highest BCUT2D eigenvalue weighted by Gasteiger charge is 2.23. The molecule has 7 heteroatoms. The van der Waals surface area contributed by atoms with Crippen molar-refractivity contribution in [2.24, 2.45) is 0 Å². The Hall–Kier alpha value is -2.15. The highest BCUT2D eigenvalue weighted by Crippen LogP contribution is 2.20. The predicted molar refractivity (Wildman–Crippen MR) is 110 cm³/mol. The first-order valence-corrected chi connectivity index (χ1v) is 10.5. The maximum absolute atomic E-state index is 11.7. The maximum Gasteiger partial charge on any atom is 0.408 e. The lowest BCUT2D eigenvalue weighted by Crippen LogP contribution is -2.44. The summed E-state index contributed by atoms with van der Waals surface area (Å²) in [7, 11) is 0. The Labute approximate surface area is 173 Å². The minimum atomic E-state index is -1.10. The largest absolute Gasteiger partial charge is 0.480 e. The zero-order valence-electron chi connectivity index (χ0n) is 17.8. The van der Waals surface area contributed by atoms with Crippen LogP contribution in [-0.2, 0) is 33.5 Å². The van der Waals surface area contributed by atoms with Crippen molar-refractivity contribution >= 4 is 12.1 Å². The van der Waals surface area contributed by atoms with Gasteiger partial charge >= 0.3 is 12.1 Å². The molecular formula is C22H34N2O5. The van der Waals surface area contributed by atoms with Gasteiger partial charge in [-0.3, -0.25) is 4.98 Å². The van der Waals surface area contributed by atoms with Crippen molar-refractivity contribution in [2.45, 2.75) is 83.8 Å². The van der Waals surface area contributed by atoms with Crippen LogP contribution in [0.25, 0.3) is 0 Å². The van der Waals surface area contributed by atoms with Gasteiger partial charge in [0.15, 0.2) is 0 Å². The number of nitrogens with one attached hydrogen (secondary N) is 1. The average molecular weight is 407 g/mol. The molecule has 7 nitrogen and oxygen atoms in total. The summed E-state index contributed by atoms with van der Waals surface area (Å²) in [5.74, 6) is -1.10. The molecule has 1 aliphatic carbocycles. The number of alkyl carbamates (subject to hydrolysis) is 1. The monoisotopic (exact) mass is 406 g/mol. The third kappa shape index (κ3) is 8.81. The molecule has 0 fully saturated rings. The molecule has 1 unspecified atom stereocenters. The topological polar surface area (TPSA) is 97.8 Å². The first-order chi connectivity index (χ1) is 13.7. The highest BCUT2D eigenvalue weighted by molar-refractivity contribution is 5.79. The molecule has 1 heterocycles. The third-order valence-corrected chi connectivity index (χ3v) is 4.75. The van der Waals surface area contributed by atoms with Crippen LogP contribution in [0.2, 0.25) is 0 Å². The number of hydrogen-bond acceptors (Lipinski definition) is 5. The number of carboxylic acid groups (broad SMARTS) is 1. The molecule has 0 saturated heterocycles. The maximum atomic E-state index is 11.7. The van der Waals surface area contributed by atoms with E-state index in [0.29, 0.717) is 6.61 Å². The molecule has 0 aromatic carbocycles.